The molecule has 0 aromatic heterocycles. The van der Waals surface area contributed by atoms with E-state index in [0.717, 1.165) is 18.6 Å². The molecule has 0 fully saturated rings. The maximum absolute atomic E-state index is 9.27. The summed E-state index contributed by atoms with van der Waals surface area (Å²) in [6.45, 7) is 7.15. The number of aliphatic hydroxyl groups excluding tert-OH is 1. The first-order valence-electron chi connectivity index (χ1n) is 7.74. The molecule has 0 spiro atoms. The standard InChI is InChI=1S/C17H29NO2/c1-4-5-6-15-7-9-17(10-8-15)20-12-11-16(13-19)18-14(2)3/h7-10,14,16,18-19H,4-6,11-13H2,1-3H3. The molecular formula is C17H29NO2. The summed E-state index contributed by atoms with van der Waals surface area (Å²) in [5.41, 5.74) is 1.37. The van der Waals surface area contributed by atoms with Crippen LogP contribution in [0.25, 0.3) is 0 Å². The van der Waals surface area contributed by atoms with Crippen molar-refractivity contribution in [2.24, 2.45) is 0 Å². The fraction of sp³-hybridized carbons (Fsp3) is 0.647. The van der Waals surface area contributed by atoms with E-state index in [9.17, 15) is 5.11 Å². The van der Waals surface area contributed by atoms with Gasteiger partial charge in [-0.1, -0.05) is 39.3 Å². The van der Waals surface area contributed by atoms with E-state index >= 15 is 0 Å². The number of hydrogen-bond acceptors (Lipinski definition) is 3. The van der Waals surface area contributed by atoms with Crippen molar-refractivity contribution < 1.29 is 9.84 Å². The maximum Gasteiger partial charge on any atom is 0.119 e. The molecule has 1 atom stereocenters. The van der Waals surface area contributed by atoms with Gasteiger partial charge in [-0.15, -0.1) is 0 Å². The molecule has 3 nitrogen and oxygen atoms in total. The second kappa shape index (κ2) is 9.78. The summed E-state index contributed by atoms with van der Waals surface area (Å²) in [7, 11) is 0. The summed E-state index contributed by atoms with van der Waals surface area (Å²) in [6.07, 6.45) is 4.41. The van der Waals surface area contributed by atoms with Crippen LogP contribution in [0.1, 0.15) is 45.6 Å². The van der Waals surface area contributed by atoms with Crippen molar-refractivity contribution in [2.75, 3.05) is 13.2 Å². The fourth-order valence-electron chi connectivity index (χ4n) is 2.15. The Labute approximate surface area is 123 Å². The predicted molar refractivity (Wildman–Crippen MR) is 84.3 cm³/mol. The van der Waals surface area contributed by atoms with Gasteiger partial charge in [0, 0.05) is 12.1 Å². The number of nitrogens with one attached hydrogen (secondary N) is 1. The Morgan fingerprint density at radius 2 is 1.90 bits per heavy atom. The van der Waals surface area contributed by atoms with Gasteiger partial charge in [0.05, 0.1) is 13.2 Å². The van der Waals surface area contributed by atoms with Gasteiger partial charge in [-0.3, -0.25) is 0 Å². The topological polar surface area (TPSA) is 41.5 Å². The van der Waals surface area contributed by atoms with Gasteiger partial charge in [0.25, 0.3) is 0 Å². The smallest absolute Gasteiger partial charge is 0.119 e. The molecule has 1 rings (SSSR count). The highest BCUT2D eigenvalue weighted by Gasteiger charge is 2.08. The number of ether oxygens (including phenoxy) is 1. The first-order valence-corrected chi connectivity index (χ1v) is 7.74. The third-order valence-electron chi connectivity index (χ3n) is 3.27. The van der Waals surface area contributed by atoms with E-state index in [2.05, 4.69) is 38.2 Å². The molecule has 3 heteroatoms. The van der Waals surface area contributed by atoms with Gasteiger partial charge in [-0.05, 0) is 37.0 Å². The van der Waals surface area contributed by atoms with Crippen molar-refractivity contribution in [1.82, 2.24) is 5.32 Å². The zero-order valence-corrected chi connectivity index (χ0v) is 13.1. The van der Waals surface area contributed by atoms with E-state index in [-0.39, 0.29) is 12.6 Å². The average molecular weight is 279 g/mol. The van der Waals surface area contributed by atoms with Crippen LogP contribution < -0.4 is 10.1 Å². The van der Waals surface area contributed by atoms with Crippen molar-refractivity contribution in [3.05, 3.63) is 29.8 Å². The highest BCUT2D eigenvalue weighted by molar-refractivity contribution is 5.27. The van der Waals surface area contributed by atoms with Crippen LogP contribution in [0.15, 0.2) is 24.3 Å². The van der Waals surface area contributed by atoms with E-state index in [1.54, 1.807) is 0 Å². The Morgan fingerprint density at radius 3 is 2.45 bits per heavy atom. The normalized spacial score (nSPS) is 12.7. The quantitative estimate of drug-likeness (QED) is 0.691. The largest absolute Gasteiger partial charge is 0.494 e. The first-order chi connectivity index (χ1) is 9.65. The van der Waals surface area contributed by atoms with E-state index in [1.807, 2.05) is 12.1 Å². The van der Waals surface area contributed by atoms with Gasteiger partial charge >= 0.3 is 0 Å². The number of aryl methyl sites for hydroxylation is 1. The lowest BCUT2D eigenvalue weighted by molar-refractivity contribution is 0.202. The van der Waals surface area contributed by atoms with Crippen molar-refractivity contribution in [3.63, 3.8) is 0 Å². The van der Waals surface area contributed by atoms with E-state index in [1.165, 1.54) is 18.4 Å². The van der Waals surface area contributed by atoms with Crippen LogP contribution >= 0.6 is 0 Å². The summed E-state index contributed by atoms with van der Waals surface area (Å²) in [4.78, 5) is 0. The van der Waals surface area contributed by atoms with Crippen molar-refractivity contribution in [2.45, 2.75) is 58.5 Å². The zero-order valence-electron chi connectivity index (χ0n) is 13.1. The molecule has 1 aromatic carbocycles. The van der Waals surface area contributed by atoms with Gasteiger partial charge < -0.3 is 15.2 Å². The third kappa shape index (κ3) is 6.92. The van der Waals surface area contributed by atoms with Crippen LogP contribution in [-0.2, 0) is 6.42 Å². The number of benzene rings is 1. The Kier molecular flexibility index (Phi) is 8.31. The summed E-state index contributed by atoms with van der Waals surface area (Å²) in [5, 5.41) is 12.6. The number of rotatable bonds is 10. The van der Waals surface area contributed by atoms with Crippen LogP contribution in [0.3, 0.4) is 0 Å². The SMILES string of the molecule is CCCCc1ccc(OCCC(CO)NC(C)C)cc1. The Bertz CT molecular complexity index is 349. The highest BCUT2D eigenvalue weighted by Crippen LogP contribution is 2.14. The molecular weight excluding hydrogens is 250 g/mol. The van der Waals surface area contributed by atoms with Gasteiger partial charge in [0.1, 0.15) is 5.75 Å². The Hall–Kier alpha value is -1.06. The van der Waals surface area contributed by atoms with Crippen LogP contribution in [0.2, 0.25) is 0 Å². The minimum atomic E-state index is 0.110. The lowest BCUT2D eigenvalue weighted by Crippen LogP contribution is -2.38. The second-order valence-corrected chi connectivity index (χ2v) is 5.59. The molecule has 114 valence electrons. The van der Waals surface area contributed by atoms with Gasteiger partial charge in [-0.25, -0.2) is 0 Å². The third-order valence-corrected chi connectivity index (χ3v) is 3.27. The van der Waals surface area contributed by atoms with Crippen molar-refractivity contribution in [3.8, 4) is 5.75 Å². The molecule has 0 aliphatic rings. The highest BCUT2D eigenvalue weighted by atomic mass is 16.5. The maximum atomic E-state index is 9.27. The molecule has 0 heterocycles. The number of hydrogen-bond donors (Lipinski definition) is 2. The molecule has 0 aliphatic heterocycles. The van der Waals surface area contributed by atoms with Gasteiger partial charge in [0.15, 0.2) is 0 Å². The monoisotopic (exact) mass is 279 g/mol. The molecule has 1 unspecified atom stereocenters. The van der Waals surface area contributed by atoms with E-state index < -0.39 is 0 Å². The molecule has 0 amide bonds. The fourth-order valence-corrected chi connectivity index (χ4v) is 2.15. The van der Waals surface area contributed by atoms with Gasteiger partial charge in [-0.2, -0.15) is 0 Å². The van der Waals surface area contributed by atoms with Crippen molar-refractivity contribution in [1.29, 1.82) is 0 Å². The second-order valence-electron chi connectivity index (χ2n) is 5.59. The minimum Gasteiger partial charge on any atom is -0.494 e. The molecule has 20 heavy (non-hydrogen) atoms. The van der Waals surface area contributed by atoms with Crippen LogP contribution in [-0.4, -0.2) is 30.4 Å². The van der Waals surface area contributed by atoms with Crippen LogP contribution in [0.4, 0.5) is 0 Å². The minimum absolute atomic E-state index is 0.110. The zero-order chi connectivity index (χ0) is 14.8. The molecule has 1 aromatic rings. The molecule has 0 bridgehead atoms. The number of unbranched alkanes of at least 4 members (excludes halogenated alkanes) is 1. The summed E-state index contributed by atoms with van der Waals surface area (Å²) in [5.74, 6) is 0.909. The predicted octanol–water partition coefficient (Wildman–Crippen LogP) is 3.16. The average Bonchev–Trinajstić information content (AvgIpc) is 2.45. The van der Waals surface area contributed by atoms with Gasteiger partial charge in [0.2, 0.25) is 0 Å². The first kappa shape index (κ1) is 17.0. The van der Waals surface area contributed by atoms with Crippen LogP contribution in [0, 0.1) is 0 Å². The summed E-state index contributed by atoms with van der Waals surface area (Å²) >= 11 is 0. The van der Waals surface area contributed by atoms with E-state index in [4.69, 9.17) is 4.74 Å². The van der Waals surface area contributed by atoms with Crippen LogP contribution in [0.5, 0.6) is 5.75 Å². The lowest BCUT2D eigenvalue weighted by atomic mass is 10.1. The molecule has 2 N–H and O–H groups in total. The number of aliphatic hydroxyl groups is 1. The molecule has 0 saturated heterocycles. The molecule has 0 radical (unpaired) electrons. The molecule has 0 aliphatic carbocycles. The summed E-state index contributed by atoms with van der Waals surface area (Å²) in [6, 6.07) is 8.84. The van der Waals surface area contributed by atoms with E-state index in [0.29, 0.717) is 12.6 Å². The molecule has 0 saturated carbocycles. The van der Waals surface area contributed by atoms with Crippen molar-refractivity contribution >= 4 is 0 Å². The summed E-state index contributed by atoms with van der Waals surface area (Å²) < 4.78 is 5.73. The Balaban J connectivity index is 2.30. The lowest BCUT2D eigenvalue weighted by Gasteiger charge is -2.19. The Morgan fingerprint density at radius 1 is 1.20 bits per heavy atom.